The van der Waals surface area contributed by atoms with Crippen LogP contribution < -0.4 is 0 Å². The summed E-state index contributed by atoms with van der Waals surface area (Å²) in [6, 6.07) is 17.1. The van der Waals surface area contributed by atoms with Gasteiger partial charge in [0, 0.05) is 5.56 Å². The highest BCUT2D eigenvalue weighted by atomic mass is 19.1. The Bertz CT molecular complexity index is 795. The van der Waals surface area contributed by atoms with Crippen LogP contribution in [0.5, 0.6) is 0 Å². The van der Waals surface area contributed by atoms with Crippen molar-refractivity contribution in [2.45, 2.75) is 0 Å². The van der Waals surface area contributed by atoms with Gasteiger partial charge in [-0.05, 0) is 30.3 Å². The highest BCUT2D eigenvalue weighted by Gasteiger charge is 2.16. The smallest absolute Gasteiger partial charge is 0.358 e. The number of ether oxygens (including phenoxy) is 1. The summed E-state index contributed by atoms with van der Waals surface area (Å²) in [7, 11) is 1.31. The summed E-state index contributed by atoms with van der Waals surface area (Å²) >= 11 is 0. The number of methoxy groups -OCH3 is 1. The molecule has 0 saturated heterocycles. The normalized spacial score (nSPS) is 10.5. The van der Waals surface area contributed by atoms with Gasteiger partial charge in [0.2, 0.25) is 0 Å². The first kappa shape index (κ1) is 14.0. The van der Waals surface area contributed by atoms with E-state index in [1.54, 1.807) is 22.9 Å². The van der Waals surface area contributed by atoms with Gasteiger partial charge in [0.1, 0.15) is 5.82 Å². The van der Waals surface area contributed by atoms with Crippen molar-refractivity contribution < 1.29 is 13.9 Å². The molecule has 0 bridgehead atoms. The Morgan fingerprint density at radius 3 is 2.41 bits per heavy atom. The number of halogens is 1. The second-order valence-electron chi connectivity index (χ2n) is 4.66. The Kier molecular flexibility index (Phi) is 3.70. The number of nitrogens with zero attached hydrogens (tertiary/aromatic N) is 2. The van der Waals surface area contributed by atoms with E-state index in [1.165, 1.54) is 19.2 Å². The summed E-state index contributed by atoms with van der Waals surface area (Å²) in [5.41, 5.74) is 2.49. The van der Waals surface area contributed by atoms with Crippen LogP contribution in [-0.2, 0) is 4.74 Å². The fourth-order valence-electron chi connectivity index (χ4n) is 2.18. The highest BCUT2D eigenvalue weighted by Crippen LogP contribution is 2.24. The molecule has 3 rings (SSSR count). The number of hydrogen-bond donors (Lipinski definition) is 0. The maximum Gasteiger partial charge on any atom is 0.358 e. The van der Waals surface area contributed by atoms with Crippen molar-refractivity contribution in [2.24, 2.45) is 0 Å². The van der Waals surface area contributed by atoms with E-state index in [9.17, 15) is 9.18 Å². The molecule has 0 aliphatic heterocycles. The lowest BCUT2D eigenvalue weighted by molar-refractivity contribution is 0.0593. The van der Waals surface area contributed by atoms with Crippen LogP contribution in [0.3, 0.4) is 0 Å². The van der Waals surface area contributed by atoms with Gasteiger partial charge >= 0.3 is 5.97 Å². The number of aromatic nitrogens is 2. The molecule has 5 heteroatoms. The van der Waals surface area contributed by atoms with Crippen LogP contribution in [0.4, 0.5) is 4.39 Å². The van der Waals surface area contributed by atoms with Gasteiger partial charge < -0.3 is 4.74 Å². The molecule has 0 aliphatic rings. The van der Waals surface area contributed by atoms with Crippen molar-refractivity contribution in [1.29, 1.82) is 0 Å². The molecule has 4 nitrogen and oxygen atoms in total. The van der Waals surface area contributed by atoms with Crippen molar-refractivity contribution >= 4 is 5.97 Å². The van der Waals surface area contributed by atoms with E-state index in [-0.39, 0.29) is 11.5 Å². The van der Waals surface area contributed by atoms with Gasteiger partial charge in [0.05, 0.1) is 18.5 Å². The molecular formula is C17H13FN2O2. The maximum atomic E-state index is 13.1. The predicted octanol–water partition coefficient (Wildman–Crippen LogP) is 3.47. The monoisotopic (exact) mass is 296 g/mol. The zero-order valence-corrected chi connectivity index (χ0v) is 11.9. The Labute approximate surface area is 126 Å². The minimum absolute atomic E-state index is 0.200. The zero-order chi connectivity index (χ0) is 15.5. The van der Waals surface area contributed by atoms with Crippen LogP contribution in [0.15, 0.2) is 60.7 Å². The van der Waals surface area contributed by atoms with E-state index < -0.39 is 5.97 Å². The minimum Gasteiger partial charge on any atom is -0.464 e. The first-order chi connectivity index (χ1) is 10.7. The fraction of sp³-hybridized carbons (Fsp3) is 0.0588. The van der Waals surface area contributed by atoms with Gasteiger partial charge in [-0.15, -0.1) is 0 Å². The molecular weight excluding hydrogens is 283 g/mol. The number of carbonyl (C=O) groups is 1. The van der Waals surface area contributed by atoms with Gasteiger partial charge in [-0.3, -0.25) is 0 Å². The van der Waals surface area contributed by atoms with Crippen LogP contribution in [0.25, 0.3) is 16.9 Å². The molecule has 0 spiro atoms. The summed E-state index contributed by atoms with van der Waals surface area (Å²) < 4.78 is 19.4. The lowest BCUT2D eigenvalue weighted by Gasteiger charge is -2.07. The molecule has 0 unspecified atom stereocenters. The third-order valence-corrected chi connectivity index (χ3v) is 3.24. The van der Waals surface area contributed by atoms with Crippen LogP contribution in [0.1, 0.15) is 10.5 Å². The number of hydrogen-bond acceptors (Lipinski definition) is 3. The van der Waals surface area contributed by atoms with Crippen LogP contribution in [0, 0.1) is 5.82 Å². The minimum atomic E-state index is -0.516. The van der Waals surface area contributed by atoms with Gasteiger partial charge in [-0.1, -0.05) is 30.3 Å². The largest absolute Gasteiger partial charge is 0.464 e. The zero-order valence-electron chi connectivity index (χ0n) is 11.9. The fourth-order valence-corrected chi connectivity index (χ4v) is 2.18. The molecule has 0 atom stereocenters. The molecule has 22 heavy (non-hydrogen) atoms. The average Bonchev–Trinajstić information content (AvgIpc) is 3.01. The van der Waals surface area contributed by atoms with Crippen molar-refractivity contribution in [2.75, 3.05) is 7.11 Å². The van der Waals surface area contributed by atoms with E-state index in [0.29, 0.717) is 5.69 Å². The van der Waals surface area contributed by atoms with Gasteiger partial charge in [0.25, 0.3) is 0 Å². The van der Waals surface area contributed by atoms with Crippen LogP contribution in [0.2, 0.25) is 0 Å². The number of rotatable bonds is 3. The van der Waals surface area contributed by atoms with E-state index in [1.807, 2.05) is 30.3 Å². The van der Waals surface area contributed by atoms with E-state index in [2.05, 4.69) is 5.10 Å². The van der Waals surface area contributed by atoms with E-state index >= 15 is 0 Å². The quantitative estimate of drug-likeness (QED) is 0.695. The Morgan fingerprint density at radius 2 is 1.77 bits per heavy atom. The summed E-state index contributed by atoms with van der Waals surface area (Å²) in [5, 5.41) is 4.28. The average molecular weight is 296 g/mol. The van der Waals surface area contributed by atoms with Crippen LogP contribution in [-0.4, -0.2) is 22.9 Å². The molecule has 0 radical (unpaired) electrons. The Hall–Kier alpha value is -2.95. The first-order valence-electron chi connectivity index (χ1n) is 6.69. The summed E-state index contributed by atoms with van der Waals surface area (Å²) in [6.07, 6.45) is 0. The van der Waals surface area contributed by atoms with Crippen molar-refractivity contribution in [3.63, 3.8) is 0 Å². The van der Waals surface area contributed by atoms with Gasteiger partial charge in [-0.25, -0.2) is 13.9 Å². The molecule has 110 valence electrons. The first-order valence-corrected chi connectivity index (χ1v) is 6.69. The van der Waals surface area contributed by atoms with Gasteiger partial charge in [-0.2, -0.15) is 5.10 Å². The molecule has 1 aromatic heterocycles. The topological polar surface area (TPSA) is 44.1 Å². The van der Waals surface area contributed by atoms with E-state index in [0.717, 1.165) is 11.3 Å². The number of benzene rings is 2. The van der Waals surface area contributed by atoms with E-state index in [4.69, 9.17) is 4.74 Å². The summed E-state index contributed by atoms with van der Waals surface area (Å²) in [5.74, 6) is -0.844. The van der Waals surface area contributed by atoms with Gasteiger partial charge in [0.15, 0.2) is 5.69 Å². The predicted molar refractivity (Wildman–Crippen MR) is 80.3 cm³/mol. The van der Waals surface area contributed by atoms with Crippen molar-refractivity contribution in [3.05, 3.63) is 72.2 Å². The lowest BCUT2D eigenvalue weighted by atomic mass is 10.1. The maximum absolute atomic E-state index is 13.1. The Balaban J connectivity index is 2.17. The SMILES string of the molecule is COC(=O)c1cc(-c2ccccc2)n(-c2ccc(F)cc2)n1. The molecule has 0 fully saturated rings. The van der Waals surface area contributed by atoms with Crippen molar-refractivity contribution in [1.82, 2.24) is 9.78 Å². The Morgan fingerprint density at radius 1 is 1.09 bits per heavy atom. The number of carbonyl (C=O) groups excluding carboxylic acids is 1. The number of esters is 1. The summed E-state index contributed by atoms with van der Waals surface area (Å²) in [4.78, 5) is 11.7. The molecule has 0 amide bonds. The third kappa shape index (κ3) is 2.61. The lowest BCUT2D eigenvalue weighted by Crippen LogP contribution is -2.04. The molecule has 3 aromatic rings. The van der Waals surface area contributed by atoms with Crippen molar-refractivity contribution in [3.8, 4) is 16.9 Å². The molecule has 2 aromatic carbocycles. The second kappa shape index (κ2) is 5.81. The summed E-state index contributed by atoms with van der Waals surface area (Å²) in [6.45, 7) is 0. The molecule has 0 saturated carbocycles. The standard InChI is InChI=1S/C17H13FN2O2/c1-22-17(21)15-11-16(12-5-3-2-4-6-12)20(19-15)14-9-7-13(18)8-10-14/h2-11H,1H3. The second-order valence-corrected chi connectivity index (χ2v) is 4.66. The highest BCUT2D eigenvalue weighted by molar-refractivity contribution is 5.88. The molecule has 1 heterocycles. The van der Waals surface area contributed by atoms with Crippen LogP contribution >= 0.6 is 0 Å². The molecule has 0 aliphatic carbocycles. The third-order valence-electron chi connectivity index (χ3n) is 3.24. The molecule has 0 N–H and O–H groups in total.